The van der Waals surface area contributed by atoms with Gasteiger partial charge in [0.2, 0.25) is 0 Å². The van der Waals surface area contributed by atoms with Crippen molar-refractivity contribution in [3.05, 3.63) is 29.5 Å². The molecule has 1 heterocycles. The third-order valence-electron chi connectivity index (χ3n) is 3.12. The number of aliphatic hydroxyl groups is 2. The molecule has 0 radical (unpaired) electrons. The normalized spacial score (nSPS) is 12.9. The van der Waals surface area contributed by atoms with Gasteiger partial charge in [0.15, 0.2) is 5.58 Å². The van der Waals surface area contributed by atoms with Crippen LogP contribution >= 0.6 is 0 Å². The van der Waals surface area contributed by atoms with Gasteiger partial charge < -0.3 is 19.9 Å². The molecular weight excluding hydrogens is 230 g/mol. The van der Waals surface area contributed by atoms with Crippen LogP contribution in [0.15, 0.2) is 22.6 Å². The molecule has 0 aliphatic carbocycles. The van der Waals surface area contributed by atoms with E-state index in [-0.39, 0.29) is 6.61 Å². The van der Waals surface area contributed by atoms with E-state index in [1.54, 1.807) is 0 Å². The number of fused-ring (bicyclic) bond motifs is 1. The first-order chi connectivity index (χ1) is 8.67. The summed E-state index contributed by atoms with van der Waals surface area (Å²) in [7, 11) is 0. The molecule has 0 saturated heterocycles. The lowest BCUT2D eigenvalue weighted by Gasteiger charge is -2.10. The number of aryl methyl sites for hydroxylation is 2. The molecule has 1 atom stereocenters. The fraction of sp³-hybridized carbons (Fsp3) is 0.429. The average molecular weight is 249 g/mol. The lowest BCUT2D eigenvalue weighted by molar-refractivity contribution is 0.105. The van der Waals surface area contributed by atoms with Crippen molar-refractivity contribution in [2.24, 2.45) is 0 Å². The van der Waals surface area contributed by atoms with E-state index in [4.69, 9.17) is 9.52 Å². The van der Waals surface area contributed by atoms with Gasteiger partial charge in [0.05, 0.1) is 18.4 Å². The van der Waals surface area contributed by atoms with Crippen LogP contribution in [0.2, 0.25) is 0 Å². The predicted octanol–water partition coefficient (Wildman–Crippen LogP) is 2.07. The van der Waals surface area contributed by atoms with Crippen LogP contribution in [0.25, 0.3) is 11.0 Å². The SMILES string of the molecule is CCc1oc2c(NCC(O)CO)cccc2c1C. The van der Waals surface area contributed by atoms with Gasteiger partial charge in [-0.3, -0.25) is 0 Å². The number of nitrogens with one attached hydrogen (secondary N) is 1. The molecule has 0 aliphatic heterocycles. The summed E-state index contributed by atoms with van der Waals surface area (Å²) in [5.74, 6) is 0.988. The van der Waals surface area contributed by atoms with Crippen LogP contribution in [0.4, 0.5) is 5.69 Å². The van der Waals surface area contributed by atoms with Crippen LogP contribution in [0.3, 0.4) is 0 Å². The van der Waals surface area contributed by atoms with Gasteiger partial charge in [-0.05, 0) is 18.6 Å². The average Bonchev–Trinajstić information content (AvgIpc) is 2.73. The minimum absolute atomic E-state index is 0.250. The van der Waals surface area contributed by atoms with Crippen molar-refractivity contribution in [2.45, 2.75) is 26.4 Å². The summed E-state index contributed by atoms with van der Waals surface area (Å²) in [5, 5.41) is 22.3. The quantitative estimate of drug-likeness (QED) is 0.759. The number of hydrogen-bond donors (Lipinski definition) is 3. The Morgan fingerprint density at radius 3 is 2.83 bits per heavy atom. The van der Waals surface area contributed by atoms with Gasteiger partial charge in [-0.15, -0.1) is 0 Å². The molecule has 0 amide bonds. The number of rotatable bonds is 5. The number of furan rings is 1. The first-order valence-corrected chi connectivity index (χ1v) is 6.21. The lowest BCUT2D eigenvalue weighted by Crippen LogP contribution is -2.22. The van der Waals surface area contributed by atoms with E-state index < -0.39 is 6.10 Å². The van der Waals surface area contributed by atoms with Crippen LogP contribution in [0.1, 0.15) is 18.2 Å². The van der Waals surface area contributed by atoms with Crippen molar-refractivity contribution in [1.29, 1.82) is 0 Å². The number of benzene rings is 1. The molecule has 4 nitrogen and oxygen atoms in total. The topological polar surface area (TPSA) is 65.6 Å². The number of hydrogen-bond acceptors (Lipinski definition) is 4. The third-order valence-corrected chi connectivity index (χ3v) is 3.12. The summed E-state index contributed by atoms with van der Waals surface area (Å²) in [6.45, 7) is 4.17. The smallest absolute Gasteiger partial charge is 0.157 e. The molecule has 0 fully saturated rings. The summed E-state index contributed by atoms with van der Waals surface area (Å²) >= 11 is 0. The van der Waals surface area contributed by atoms with Crippen molar-refractivity contribution in [2.75, 3.05) is 18.5 Å². The maximum absolute atomic E-state index is 9.35. The van der Waals surface area contributed by atoms with Crippen molar-refractivity contribution in [3.8, 4) is 0 Å². The first-order valence-electron chi connectivity index (χ1n) is 6.21. The highest BCUT2D eigenvalue weighted by Crippen LogP contribution is 2.31. The predicted molar refractivity (Wildman–Crippen MR) is 71.9 cm³/mol. The second-order valence-electron chi connectivity index (χ2n) is 4.40. The Labute approximate surface area is 106 Å². The van der Waals surface area contributed by atoms with E-state index in [1.165, 1.54) is 5.56 Å². The first kappa shape index (κ1) is 12.9. The largest absolute Gasteiger partial charge is 0.459 e. The fourth-order valence-electron chi connectivity index (χ4n) is 2.06. The maximum atomic E-state index is 9.35. The fourth-order valence-corrected chi connectivity index (χ4v) is 2.06. The van der Waals surface area contributed by atoms with E-state index in [0.717, 1.165) is 28.8 Å². The second-order valence-corrected chi connectivity index (χ2v) is 4.40. The van der Waals surface area contributed by atoms with Crippen LogP contribution in [0, 0.1) is 6.92 Å². The molecule has 98 valence electrons. The van der Waals surface area contributed by atoms with E-state index in [1.807, 2.05) is 18.2 Å². The van der Waals surface area contributed by atoms with Crippen LogP contribution in [-0.4, -0.2) is 29.5 Å². The molecule has 0 saturated carbocycles. The van der Waals surface area contributed by atoms with E-state index >= 15 is 0 Å². The number of aliphatic hydroxyl groups excluding tert-OH is 2. The highest BCUT2D eigenvalue weighted by molar-refractivity contribution is 5.92. The molecule has 1 aromatic carbocycles. The van der Waals surface area contributed by atoms with E-state index in [0.29, 0.717) is 6.54 Å². The molecule has 0 bridgehead atoms. The summed E-state index contributed by atoms with van der Waals surface area (Å²) in [6.07, 6.45) is 0.0983. The summed E-state index contributed by atoms with van der Waals surface area (Å²) in [5.41, 5.74) is 2.83. The molecule has 1 aromatic heterocycles. The zero-order chi connectivity index (χ0) is 13.1. The molecule has 1 unspecified atom stereocenters. The molecule has 0 aliphatic rings. The summed E-state index contributed by atoms with van der Waals surface area (Å²) in [6, 6.07) is 5.90. The molecule has 2 rings (SSSR count). The maximum Gasteiger partial charge on any atom is 0.157 e. The van der Waals surface area contributed by atoms with Gasteiger partial charge in [-0.1, -0.05) is 19.1 Å². The highest BCUT2D eigenvalue weighted by atomic mass is 16.3. The van der Waals surface area contributed by atoms with Gasteiger partial charge >= 0.3 is 0 Å². The molecule has 3 N–H and O–H groups in total. The third kappa shape index (κ3) is 2.35. The second kappa shape index (κ2) is 5.42. The van der Waals surface area contributed by atoms with Gasteiger partial charge in [-0.25, -0.2) is 0 Å². The van der Waals surface area contributed by atoms with Crippen LogP contribution in [-0.2, 0) is 6.42 Å². The van der Waals surface area contributed by atoms with Gasteiger partial charge in [0, 0.05) is 18.4 Å². The molecule has 18 heavy (non-hydrogen) atoms. The number of anilines is 1. The van der Waals surface area contributed by atoms with Crippen molar-refractivity contribution in [1.82, 2.24) is 0 Å². The Hall–Kier alpha value is -1.52. The van der Waals surface area contributed by atoms with E-state index in [9.17, 15) is 5.11 Å². The van der Waals surface area contributed by atoms with Gasteiger partial charge in [-0.2, -0.15) is 0 Å². The van der Waals surface area contributed by atoms with Crippen molar-refractivity contribution < 1.29 is 14.6 Å². The van der Waals surface area contributed by atoms with Crippen molar-refractivity contribution >= 4 is 16.7 Å². The Morgan fingerprint density at radius 2 is 2.17 bits per heavy atom. The van der Waals surface area contributed by atoms with Crippen LogP contribution in [0.5, 0.6) is 0 Å². The van der Waals surface area contributed by atoms with E-state index in [2.05, 4.69) is 19.2 Å². The van der Waals surface area contributed by atoms with Crippen LogP contribution < -0.4 is 5.32 Å². The molecule has 2 aromatic rings. The molecule has 4 heteroatoms. The summed E-state index contributed by atoms with van der Waals surface area (Å²) in [4.78, 5) is 0. The zero-order valence-corrected chi connectivity index (χ0v) is 10.7. The standard InChI is InChI=1S/C14H19NO3/c1-3-13-9(2)11-5-4-6-12(14(11)18-13)15-7-10(17)8-16/h4-6,10,15-17H,3,7-8H2,1-2H3. The molecule has 0 spiro atoms. The number of para-hydroxylation sites is 1. The Balaban J connectivity index is 2.33. The van der Waals surface area contributed by atoms with Gasteiger partial charge in [0.25, 0.3) is 0 Å². The minimum Gasteiger partial charge on any atom is -0.459 e. The monoisotopic (exact) mass is 249 g/mol. The van der Waals surface area contributed by atoms with Crippen molar-refractivity contribution in [3.63, 3.8) is 0 Å². The summed E-state index contributed by atoms with van der Waals surface area (Å²) < 4.78 is 5.84. The Bertz CT molecular complexity index is 533. The lowest BCUT2D eigenvalue weighted by atomic mass is 10.1. The Morgan fingerprint density at radius 1 is 1.39 bits per heavy atom. The zero-order valence-electron chi connectivity index (χ0n) is 10.7. The Kier molecular flexibility index (Phi) is 3.89. The molecular formula is C14H19NO3. The van der Waals surface area contributed by atoms with Gasteiger partial charge in [0.1, 0.15) is 5.76 Å². The minimum atomic E-state index is -0.762. The highest BCUT2D eigenvalue weighted by Gasteiger charge is 2.12.